The number of nitrogens with zero attached hydrogens (tertiary/aromatic N) is 4. The van der Waals surface area contributed by atoms with E-state index in [2.05, 4.69) is 21.1 Å². The van der Waals surface area contributed by atoms with Gasteiger partial charge in [0.1, 0.15) is 0 Å². The number of pyridine rings is 1. The van der Waals surface area contributed by atoms with Crippen molar-refractivity contribution in [1.29, 1.82) is 0 Å². The van der Waals surface area contributed by atoms with Crippen LogP contribution in [0.25, 0.3) is 37.2 Å². The third kappa shape index (κ3) is 3.59. The predicted octanol–water partition coefficient (Wildman–Crippen LogP) is 0.756. The largest absolute Gasteiger partial charge is 1.00 e. The maximum Gasteiger partial charge on any atom is 1.00 e. The second-order valence-corrected chi connectivity index (χ2v) is 8.78. The molecule has 0 bridgehead atoms. The molecule has 1 N–H and O–H groups in total. The zero-order valence-electron chi connectivity index (χ0n) is 18.2. The molecular weight excluding hydrogens is 445 g/mol. The van der Waals surface area contributed by atoms with Gasteiger partial charge in [-0.3, -0.25) is 9.59 Å². The number of benzene rings is 2. The summed E-state index contributed by atoms with van der Waals surface area (Å²) in [5.41, 5.74) is 3.65. The molecule has 0 saturated carbocycles. The summed E-state index contributed by atoms with van der Waals surface area (Å²) in [7, 11) is 0. The number of thiazole rings is 1. The smallest absolute Gasteiger partial charge is 0.585 e. The van der Waals surface area contributed by atoms with Crippen molar-refractivity contribution in [1.82, 2.24) is 24.3 Å². The maximum atomic E-state index is 13.2. The van der Waals surface area contributed by atoms with Crippen molar-refractivity contribution >= 4 is 43.4 Å². The van der Waals surface area contributed by atoms with Gasteiger partial charge in [-0.15, -0.1) is 5.52 Å². The quantitative estimate of drug-likeness (QED) is 0.391. The zero-order valence-corrected chi connectivity index (χ0v) is 21.0. The molecule has 0 atom stereocenters. The molecule has 9 heteroatoms. The van der Waals surface area contributed by atoms with E-state index in [1.807, 2.05) is 55.6 Å². The number of fused-ring (bicyclic) bond motifs is 3. The number of aromatic amines is 1. The second-order valence-electron chi connectivity index (χ2n) is 7.77. The van der Waals surface area contributed by atoms with E-state index in [1.165, 1.54) is 22.1 Å². The Kier molecular flexibility index (Phi) is 5.62. The first-order valence-corrected chi connectivity index (χ1v) is 11.1. The van der Waals surface area contributed by atoms with E-state index in [-0.39, 0.29) is 40.7 Å². The fraction of sp³-hybridized carbons (Fsp3) is 0.125. The molecule has 4 heterocycles. The molecule has 6 rings (SSSR count). The number of hydrogen-bond acceptors (Lipinski definition) is 4. The van der Waals surface area contributed by atoms with Gasteiger partial charge < -0.3 is 19.3 Å². The van der Waals surface area contributed by atoms with Gasteiger partial charge in [0.05, 0.1) is 10.2 Å². The first-order valence-electron chi connectivity index (χ1n) is 10.3. The van der Waals surface area contributed by atoms with E-state index in [0.29, 0.717) is 34.7 Å². The topological polar surface area (TPSA) is 86.8 Å². The van der Waals surface area contributed by atoms with Crippen LogP contribution >= 0.6 is 11.3 Å². The van der Waals surface area contributed by atoms with Crippen LogP contribution in [0, 0.1) is 6.92 Å². The van der Waals surface area contributed by atoms with Crippen LogP contribution in [0.2, 0.25) is 0 Å². The molecule has 33 heavy (non-hydrogen) atoms. The Labute approximate surface area is 214 Å². The van der Waals surface area contributed by atoms with Crippen molar-refractivity contribution in [2.75, 3.05) is 0 Å². The maximum absolute atomic E-state index is 13.2. The van der Waals surface area contributed by atoms with Crippen molar-refractivity contribution < 1.29 is 29.6 Å². The molecule has 158 valence electrons. The number of hydrogen-bond donors (Lipinski definition) is 1. The van der Waals surface area contributed by atoms with Gasteiger partial charge in [0.2, 0.25) is 11.1 Å². The van der Waals surface area contributed by atoms with Crippen LogP contribution in [0.4, 0.5) is 0 Å². The van der Waals surface area contributed by atoms with Crippen molar-refractivity contribution in [3.63, 3.8) is 0 Å². The normalized spacial score (nSPS) is 11.4. The van der Waals surface area contributed by atoms with Gasteiger partial charge in [-0.05, 0) is 43.2 Å². The van der Waals surface area contributed by atoms with Gasteiger partial charge in [-0.1, -0.05) is 41.7 Å². The summed E-state index contributed by atoms with van der Waals surface area (Å²) < 4.78 is 3.96. The number of rotatable bonds is 4. The predicted molar refractivity (Wildman–Crippen MR) is 127 cm³/mol. The molecule has 7 nitrogen and oxygen atoms in total. The summed E-state index contributed by atoms with van der Waals surface area (Å²) in [5.74, 6) is 0. The molecule has 0 spiro atoms. The first-order chi connectivity index (χ1) is 15.6. The third-order valence-electron chi connectivity index (χ3n) is 5.91. The number of nitrogens with one attached hydrogen (secondary N) is 1. The first kappa shape index (κ1) is 21.9. The van der Waals surface area contributed by atoms with Crippen LogP contribution in [-0.4, -0.2) is 19.2 Å². The average Bonchev–Trinajstić information content (AvgIpc) is 3.48. The number of aromatic nitrogens is 5. The van der Waals surface area contributed by atoms with Crippen LogP contribution in [0.1, 0.15) is 11.3 Å². The van der Waals surface area contributed by atoms with Gasteiger partial charge in [0.25, 0.3) is 0 Å². The number of H-pyrrole nitrogens is 1. The number of aryl methyl sites for hydroxylation is 2. The molecular formula is C24H18N5NaO2S. The summed E-state index contributed by atoms with van der Waals surface area (Å²) in [5, 5.41) is 6.54. The zero-order chi connectivity index (χ0) is 21.8. The second kappa shape index (κ2) is 8.46. The van der Waals surface area contributed by atoms with Gasteiger partial charge >= 0.3 is 29.6 Å². The van der Waals surface area contributed by atoms with Gasteiger partial charge in [-0.2, -0.15) is 0 Å². The Balaban J connectivity index is 0.00000228. The molecule has 0 fully saturated rings. The fourth-order valence-corrected chi connectivity index (χ4v) is 5.20. The minimum Gasteiger partial charge on any atom is -0.585 e. The van der Waals surface area contributed by atoms with Crippen molar-refractivity contribution in [2.45, 2.75) is 19.9 Å². The van der Waals surface area contributed by atoms with Crippen molar-refractivity contribution in [2.24, 2.45) is 0 Å². The Morgan fingerprint density at radius 3 is 2.73 bits per heavy atom. The molecule has 0 aliphatic rings. The SMILES string of the molecule is Cc1c2c(=O)n(-c3nc4ccccc4s3)[n-]c2cc(=O)n1CCc1c[nH]c2ccccc12.[Na+]. The Hall–Kier alpha value is -2.91. The minimum atomic E-state index is -0.252. The molecule has 0 unspecified atom stereocenters. The van der Waals surface area contributed by atoms with Gasteiger partial charge in [-0.25, -0.2) is 4.98 Å². The van der Waals surface area contributed by atoms with Crippen LogP contribution in [0.5, 0.6) is 0 Å². The van der Waals surface area contributed by atoms with E-state index in [1.54, 1.807) is 4.57 Å². The summed E-state index contributed by atoms with van der Waals surface area (Å²) in [6, 6.07) is 17.3. The Morgan fingerprint density at radius 1 is 1.09 bits per heavy atom. The minimum absolute atomic E-state index is 0. The van der Waals surface area contributed by atoms with Gasteiger partial charge in [0, 0.05) is 34.7 Å². The average molecular weight is 463 g/mol. The molecule has 0 aliphatic carbocycles. The van der Waals surface area contributed by atoms with E-state index in [0.717, 1.165) is 26.7 Å². The molecule has 0 saturated heterocycles. The molecule has 6 aromatic rings. The van der Waals surface area contributed by atoms with Crippen molar-refractivity contribution in [3.05, 3.63) is 92.8 Å². The van der Waals surface area contributed by atoms with Crippen LogP contribution in [0.3, 0.4) is 0 Å². The van der Waals surface area contributed by atoms with E-state index >= 15 is 0 Å². The van der Waals surface area contributed by atoms with Crippen molar-refractivity contribution in [3.8, 4) is 5.13 Å². The van der Waals surface area contributed by atoms with E-state index < -0.39 is 0 Å². The fourth-order valence-electron chi connectivity index (χ4n) is 4.28. The van der Waals surface area contributed by atoms with Gasteiger partial charge in [0.15, 0.2) is 5.13 Å². The van der Waals surface area contributed by atoms with E-state index in [4.69, 9.17) is 0 Å². The number of para-hydroxylation sites is 2. The Bertz CT molecular complexity index is 1720. The summed E-state index contributed by atoms with van der Waals surface area (Å²) >= 11 is 1.40. The third-order valence-corrected chi connectivity index (χ3v) is 6.92. The standard InChI is InChI=1S/C24H19N5O2S.Na/c1-14-22-19(27-29(23(22)31)24-26-18-8-4-5-9-20(18)32-24)12-21(30)28(14)11-10-15-13-25-17-7-3-2-6-16(15)17;/h2-9,12-13,25H,10-11H2,1H3,(H,27,30);/q;+1/p-1. The summed E-state index contributed by atoms with van der Waals surface area (Å²) in [6.07, 6.45) is 2.66. The van der Waals surface area contributed by atoms with Crippen LogP contribution in [-0.2, 0) is 13.0 Å². The Morgan fingerprint density at radius 2 is 1.88 bits per heavy atom. The molecule has 2 aromatic carbocycles. The van der Waals surface area contributed by atoms with E-state index in [9.17, 15) is 9.59 Å². The monoisotopic (exact) mass is 463 g/mol. The van der Waals surface area contributed by atoms with Crippen LogP contribution in [0.15, 0.2) is 70.4 Å². The van der Waals surface area contributed by atoms with Crippen LogP contribution < -0.4 is 45.8 Å². The summed E-state index contributed by atoms with van der Waals surface area (Å²) in [6.45, 7) is 2.29. The molecule has 4 aromatic heterocycles. The molecule has 0 amide bonds. The summed E-state index contributed by atoms with van der Waals surface area (Å²) in [4.78, 5) is 33.9. The molecule has 0 radical (unpaired) electrons. The molecule has 0 aliphatic heterocycles.